The summed E-state index contributed by atoms with van der Waals surface area (Å²) in [7, 11) is 0. The Balaban J connectivity index is 3.11. The van der Waals surface area contributed by atoms with Crippen molar-refractivity contribution in [2.45, 2.75) is 104 Å². The lowest BCUT2D eigenvalue weighted by atomic mass is 10.1. The van der Waals surface area contributed by atoms with E-state index in [1.807, 2.05) is 0 Å². The standard InChI is InChI=1S/C22H41Br/c1-22(2)20-18-16-14-12-10-8-6-4-3-5-7-9-11-13-15-17-19-21-23/h3,5,18,20,22H,4,6-17,19,21H2,1-2H3/b5-3+,20-18+. The molecule has 1 heteroatoms. The molecule has 0 aromatic carbocycles. The Kier molecular flexibility index (Phi) is 20.0. The summed E-state index contributed by atoms with van der Waals surface area (Å²) in [6.07, 6.45) is 28.7. The second-order valence-corrected chi connectivity index (χ2v) is 7.88. The van der Waals surface area contributed by atoms with Crippen LogP contribution < -0.4 is 0 Å². The fraction of sp³-hybridized carbons (Fsp3) is 0.818. The van der Waals surface area contributed by atoms with Crippen molar-refractivity contribution in [1.82, 2.24) is 0 Å². The highest BCUT2D eigenvalue weighted by molar-refractivity contribution is 9.09. The maximum Gasteiger partial charge on any atom is 0.00313 e. The molecule has 0 aliphatic carbocycles. The van der Waals surface area contributed by atoms with Gasteiger partial charge in [0.15, 0.2) is 0 Å². The van der Waals surface area contributed by atoms with Gasteiger partial charge in [-0.1, -0.05) is 99.0 Å². The van der Waals surface area contributed by atoms with Gasteiger partial charge in [0.2, 0.25) is 0 Å². The molecule has 0 atom stereocenters. The monoisotopic (exact) mass is 384 g/mol. The molecule has 0 aromatic rings. The Morgan fingerprint density at radius 1 is 0.565 bits per heavy atom. The number of hydrogen-bond acceptors (Lipinski definition) is 0. The van der Waals surface area contributed by atoms with Gasteiger partial charge in [-0.3, -0.25) is 0 Å². The minimum absolute atomic E-state index is 0.709. The molecule has 0 saturated heterocycles. The van der Waals surface area contributed by atoms with Crippen molar-refractivity contribution in [3.8, 4) is 0 Å². The van der Waals surface area contributed by atoms with Gasteiger partial charge >= 0.3 is 0 Å². The van der Waals surface area contributed by atoms with E-state index >= 15 is 0 Å². The number of hydrogen-bond donors (Lipinski definition) is 0. The molecule has 0 amide bonds. The van der Waals surface area contributed by atoms with Crippen molar-refractivity contribution in [3.63, 3.8) is 0 Å². The third kappa shape index (κ3) is 22.0. The van der Waals surface area contributed by atoms with E-state index in [0.29, 0.717) is 5.92 Å². The molecule has 0 bridgehead atoms. The van der Waals surface area contributed by atoms with Crippen molar-refractivity contribution in [2.75, 3.05) is 5.33 Å². The molecular weight excluding hydrogens is 344 g/mol. The summed E-state index contributed by atoms with van der Waals surface area (Å²) in [5.41, 5.74) is 0. The normalized spacial score (nSPS) is 12.2. The van der Waals surface area contributed by atoms with Crippen LogP contribution in [-0.2, 0) is 0 Å². The van der Waals surface area contributed by atoms with Crippen LogP contribution in [0.15, 0.2) is 24.3 Å². The van der Waals surface area contributed by atoms with Gasteiger partial charge in [-0.25, -0.2) is 0 Å². The first kappa shape index (κ1) is 23.0. The zero-order chi connectivity index (χ0) is 17.0. The molecule has 0 aliphatic rings. The van der Waals surface area contributed by atoms with Gasteiger partial charge in [0.25, 0.3) is 0 Å². The van der Waals surface area contributed by atoms with Crippen LogP contribution in [0, 0.1) is 5.92 Å². The summed E-state index contributed by atoms with van der Waals surface area (Å²) in [6, 6.07) is 0. The number of alkyl halides is 1. The Bertz CT molecular complexity index is 265. The molecular formula is C22H41Br. The quantitative estimate of drug-likeness (QED) is 0.134. The summed E-state index contributed by atoms with van der Waals surface area (Å²) < 4.78 is 0. The average molecular weight is 385 g/mol. The SMILES string of the molecule is CC(C)/C=C/CCCCCCC/C=C/CCCCCCCCBr. The largest absolute Gasteiger partial charge is 0.0928 e. The molecule has 0 N–H and O–H groups in total. The van der Waals surface area contributed by atoms with E-state index < -0.39 is 0 Å². The van der Waals surface area contributed by atoms with E-state index in [-0.39, 0.29) is 0 Å². The van der Waals surface area contributed by atoms with Gasteiger partial charge in [-0.15, -0.1) is 0 Å². The predicted molar refractivity (Wildman–Crippen MR) is 112 cm³/mol. The molecule has 0 heterocycles. The molecule has 0 unspecified atom stereocenters. The van der Waals surface area contributed by atoms with Gasteiger partial charge in [-0.2, -0.15) is 0 Å². The first-order valence-electron chi connectivity index (χ1n) is 10.1. The minimum atomic E-state index is 0.709. The van der Waals surface area contributed by atoms with E-state index in [9.17, 15) is 0 Å². The Morgan fingerprint density at radius 3 is 1.39 bits per heavy atom. The fourth-order valence-electron chi connectivity index (χ4n) is 2.72. The lowest BCUT2D eigenvalue weighted by Crippen LogP contribution is -1.81. The second-order valence-electron chi connectivity index (χ2n) is 7.09. The van der Waals surface area contributed by atoms with Crippen LogP contribution in [0.4, 0.5) is 0 Å². The first-order valence-corrected chi connectivity index (χ1v) is 11.3. The third-order valence-electron chi connectivity index (χ3n) is 4.18. The highest BCUT2D eigenvalue weighted by atomic mass is 79.9. The van der Waals surface area contributed by atoms with E-state index in [4.69, 9.17) is 0 Å². The maximum atomic E-state index is 3.49. The summed E-state index contributed by atoms with van der Waals surface area (Å²) >= 11 is 3.49. The van der Waals surface area contributed by atoms with E-state index in [1.54, 1.807) is 0 Å². The molecule has 0 spiro atoms. The third-order valence-corrected chi connectivity index (χ3v) is 4.74. The van der Waals surface area contributed by atoms with Gasteiger partial charge < -0.3 is 0 Å². The predicted octanol–water partition coefficient (Wildman–Crippen LogP) is 8.61. The van der Waals surface area contributed by atoms with Crippen LogP contribution >= 0.6 is 15.9 Å². The Morgan fingerprint density at radius 2 is 0.957 bits per heavy atom. The Hall–Kier alpha value is -0.0400. The lowest BCUT2D eigenvalue weighted by molar-refractivity contribution is 0.611. The number of rotatable bonds is 17. The zero-order valence-corrected chi connectivity index (χ0v) is 17.5. The van der Waals surface area contributed by atoms with E-state index in [2.05, 4.69) is 54.1 Å². The molecule has 0 saturated carbocycles. The van der Waals surface area contributed by atoms with Crippen molar-refractivity contribution in [2.24, 2.45) is 5.92 Å². The van der Waals surface area contributed by atoms with E-state index in [1.165, 1.54) is 95.2 Å². The molecule has 136 valence electrons. The maximum absolute atomic E-state index is 3.49. The summed E-state index contributed by atoms with van der Waals surface area (Å²) in [6.45, 7) is 4.49. The zero-order valence-electron chi connectivity index (χ0n) is 15.9. The van der Waals surface area contributed by atoms with Crippen molar-refractivity contribution in [1.29, 1.82) is 0 Å². The van der Waals surface area contributed by atoms with Crippen molar-refractivity contribution in [3.05, 3.63) is 24.3 Å². The van der Waals surface area contributed by atoms with Crippen LogP contribution in [0.3, 0.4) is 0 Å². The summed E-state index contributed by atoms with van der Waals surface area (Å²) in [4.78, 5) is 0. The van der Waals surface area contributed by atoms with Crippen LogP contribution in [0.1, 0.15) is 104 Å². The fourth-order valence-corrected chi connectivity index (χ4v) is 3.12. The Labute approximate surface area is 155 Å². The van der Waals surface area contributed by atoms with Crippen LogP contribution in [-0.4, -0.2) is 5.33 Å². The van der Waals surface area contributed by atoms with Gasteiger partial charge in [0.1, 0.15) is 0 Å². The van der Waals surface area contributed by atoms with Crippen LogP contribution in [0.2, 0.25) is 0 Å². The van der Waals surface area contributed by atoms with Gasteiger partial charge in [-0.05, 0) is 50.9 Å². The van der Waals surface area contributed by atoms with E-state index in [0.717, 1.165) is 0 Å². The van der Waals surface area contributed by atoms with Gasteiger partial charge in [0, 0.05) is 5.33 Å². The van der Waals surface area contributed by atoms with Crippen molar-refractivity contribution < 1.29 is 0 Å². The summed E-state index contributed by atoms with van der Waals surface area (Å²) in [5.74, 6) is 0.709. The molecule has 0 radical (unpaired) electrons. The number of unbranched alkanes of at least 4 members (excludes halogenated alkanes) is 12. The van der Waals surface area contributed by atoms with Crippen molar-refractivity contribution >= 4 is 15.9 Å². The number of halogens is 1. The molecule has 0 nitrogen and oxygen atoms in total. The topological polar surface area (TPSA) is 0 Å². The molecule has 23 heavy (non-hydrogen) atoms. The molecule has 0 rings (SSSR count). The average Bonchev–Trinajstić information content (AvgIpc) is 2.53. The molecule has 0 fully saturated rings. The minimum Gasteiger partial charge on any atom is -0.0928 e. The highest BCUT2D eigenvalue weighted by Gasteiger charge is 1.91. The molecule has 0 aliphatic heterocycles. The summed E-state index contributed by atoms with van der Waals surface area (Å²) in [5, 5.41) is 1.17. The molecule has 0 aromatic heterocycles. The smallest absolute Gasteiger partial charge is 0.00313 e. The van der Waals surface area contributed by atoms with Crippen LogP contribution in [0.25, 0.3) is 0 Å². The second kappa shape index (κ2) is 20.0. The lowest BCUT2D eigenvalue weighted by Gasteiger charge is -2.00. The highest BCUT2D eigenvalue weighted by Crippen LogP contribution is 2.10. The number of allylic oxidation sites excluding steroid dienone is 4. The van der Waals surface area contributed by atoms with Gasteiger partial charge in [0.05, 0.1) is 0 Å². The first-order chi connectivity index (χ1) is 11.3. The van der Waals surface area contributed by atoms with Crippen LogP contribution in [0.5, 0.6) is 0 Å².